The maximum Gasteiger partial charge on any atom is 0.433 e. The normalized spacial score (nSPS) is 12.8. The molecule has 3 rings (SSSR count). The van der Waals surface area contributed by atoms with Crippen molar-refractivity contribution in [3.05, 3.63) is 83.0 Å². The first kappa shape index (κ1) is 28.1. The number of benzene rings is 2. The van der Waals surface area contributed by atoms with Gasteiger partial charge in [-0.2, -0.15) is 26.3 Å². The lowest BCUT2D eigenvalue weighted by molar-refractivity contribution is -0.141. The molecule has 198 valence electrons. The smallest absolute Gasteiger partial charge is 0.348 e. The molecule has 3 aromatic rings. The molecule has 0 aliphatic carbocycles. The lowest BCUT2D eigenvalue weighted by Crippen LogP contribution is -2.26. The Morgan fingerprint density at radius 2 is 1.46 bits per heavy atom. The molecule has 0 aliphatic rings. The van der Waals surface area contributed by atoms with Gasteiger partial charge in [-0.15, -0.1) is 0 Å². The van der Waals surface area contributed by atoms with E-state index in [9.17, 15) is 48.0 Å². The van der Waals surface area contributed by atoms with E-state index in [0.29, 0.717) is 30.0 Å². The Morgan fingerprint density at radius 1 is 0.838 bits per heavy atom. The van der Waals surface area contributed by atoms with Crippen molar-refractivity contribution in [2.75, 3.05) is 6.26 Å². The first-order chi connectivity index (χ1) is 16.9. The molecule has 0 atom stereocenters. The standard InChI is InChI=1S/C22H16F6N2O5S2/c1-36(32,33)20-17(9-10-18(30-20)22(26,27)28)19(31)29-12-13-5-7-15(8-6-13)37(34,35)16-4-2-3-14(11-16)21(23,24)25/h2-11H,12H2,1H3,(H,29,31). The van der Waals surface area contributed by atoms with E-state index in [4.69, 9.17) is 0 Å². The molecular formula is C22H16F6N2O5S2. The molecule has 0 spiro atoms. The van der Waals surface area contributed by atoms with Crippen LogP contribution in [-0.4, -0.2) is 34.0 Å². The number of rotatable bonds is 6. The highest BCUT2D eigenvalue weighted by Crippen LogP contribution is 2.32. The number of aromatic nitrogens is 1. The maximum absolute atomic E-state index is 12.9. The molecule has 1 amide bonds. The monoisotopic (exact) mass is 566 g/mol. The minimum Gasteiger partial charge on any atom is -0.348 e. The fourth-order valence-electron chi connectivity index (χ4n) is 3.09. The van der Waals surface area contributed by atoms with E-state index in [0.717, 1.165) is 30.3 Å². The minimum atomic E-state index is -4.94. The third kappa shape index (κ3) is 6.46. The van der Waals surface area contributed by atoms with Gasteiger partial charge >= 0.3 is 12.4 Å². The van der Waals surface area contributed by atoms with Crippen molar-refractivity contribution in [2.45, 2.75) is 33.7 Å². The number of hydrogen-bond acceptors (Lipinski definition) is 6. The number of amides is 1. The van der Waals surface area contributed by atoms with Crippen molar-refractivity contribution in [3.63, 3.8) is 0 Å². The lowest BCUT2D eigenvalue weighted by atomic mass is 10.2. The van der Waals surface area contributed by atoms with Gasteiger partial charge in [-0.3, -0.25) is 4.79 Å². The first-order valence-corrected chi connectivity index (χ1v) is 13.4. The van der Waals surface area contributed by atoms with Crippen LogP contribution in [-0.2, 0) is 38.6 Å². The van der Waals surface area contributed by atoms with E-state index in [2.05, 4.69) is 10.3 Å². The zero-order chi connectivity index (χ0) is 27.8. The molecule has 2 aromatic carbocycles. The van der Waals surface area contributed by atoms with Crippen LogP contribution in [0.5, 0.6) is 0 Å². The summed E-state index contributed by atoms with van der Waals surface area (Å²) in [4.78, 5) is 14.7. The van der Waals surface area contributed by atoms with Gasteiger partial charge in [0.15, 0.2) is 14.9 Å². The Labute approximate surface area is 207 Å². The van der Waals surface area contributed by atoms with Crippen LogP contribution in [0.2, 0.25) is 0 Å². The average Bonchev–Trinajstić information content (AvgIpc) is 2.81. The van der Waals surface area contributed by atoms with E-state index >= 15 is 0 Å². The Balaban J connectivity index is 1.80. The summed E-state index contributed by atoms with van der Waals surface area (Å²) in [6, 6.07) is 9.02. The quantitative estimate of drug-likeness (QED) is 0.446. The van der Waals surface area contributed by atoms with Crippen molar-refractivity contribution < 1.29 is 48.0 Å². The number of carbonyl (C=O) groups excluding carboxylic acids is 1. The third-order valence-electron chi connectivity index (χ3n) is 4.90. The maximum atomic E-state index is 12.9. The summed E-state index contributed by atoms with van der Waals surface area (Å²) in [7, 11) is -8.62. The predicted octanol–water partition coefficient (Wildman–Crippen LogP) is 4.29. The van der Waals surface area contributed by atoms with Gasteiger partial charge in [-0.1, -0.05) is 18.2 Å². The van der Waals surface area contributed by atoms with Gasteiger partial charge < -0.3 is 5.32 Å². The summed E-state index contributed by atoms with van der Waals surface area (Å²) < 4.78 is 127. The zero-order valence-corrected chi connectivity index (χ0v) is 20.2. The van der Waals surface area contributed by atoms with Gasteiger partial charge in [0, 0.05) is 12.8 Å². The van der Waals surface area contributed by atoms with Gasteiger partial charge in [0.05, 0.1) is 20.9 Å². The van der Waals surface area contributed by atoms with Gasteiger partial charge in [0.25, 0.3) is 5.91 Å². The number of pyridine rings is 1. The molecule has 0 fully saturated rings. The molecule has 0 unspecified atom stereocenters. The number of alkyl halides is 6. The molecule has 0 saturated carbocycles. The summed E-state index contributed by atoms with van der Waals surface area (Å²) in [6.45, 7) is -0.285. The molecule has 7 nitrogen and oxygen atoms in total. The molecule has 15 heteroatoms. The second-order valence-corrected chi connectivity index (χ2v) is 11.6. The van der Waals surface area contributed by atoms with Crippen molar-refractivity contribution in [1.29, 1.82) is 0 Å². The predicted molar refractivity (Wildman–Crippen MR) is 117 cm³/mol. The first-order valence-electron chi connectivity index (χ1n) is 9.98. The second kappa shape index (κ2) is 9.78. The van der Waals surface area contributed by atoms with Crippen molar-refractivity contribution in [2.24, 2.45) is 0 Å². The fourth-order valence-corrected chi connectivity index (χ4v) is 5.22. The Bertz CT molecular complexity index is 1550. The van der Waals surface area contributed by atoms with Gasteiger partial charge in [-0.05, 0) is 48.0 Å². The minimum absolute atomic E-state index is 0.285. The number of carbonyl (C=O) groups is 1. The molecule has 37 heavy (non-hydrogen) atoms. The highest BCUT2D eigenvalue weighted by Gasteiger charge is 2.35. The van der Waals surface area contributed by atoms with Crippen LogP contribution in [0, 0.1) is 0 Å². The van der Waals surface area contributed by atoms with Crippen LogP contribution in [0.3, 0.4) is 0 Å². The number of nitrogens with one attached hydrogen (secondary N) is 1. The Morgan fingerprint density at radius 3 is 2.00 bits per heavy atom. The highest BCUT2D eigenvalue weighted by molar-refractivity contribution is 7.91. The second-order valence-electron chi connectivity index (χ2n) is 7.67. The van der Waals surface area contributed by atoms with Crippen molar-refractivity contribution in [3.8, 4) is 0 Å². The van der Waals surface area contributed by atoms with Crippen LogP contribution in [0.1, 0.15) is 27.2 Å². The summed E-state index contributed by atoms with van der Waals surface area (Å²) >= 11 is 0. The van der Waals surface area contributed by atoms with Crippen LogP contribution < -0.4 is 5.32 Å². The molecule has 1 aromatic heterocycles. The van der Waals surface area contributed by atoms with E-state index in [1.165, 1.54) is 12.1 Å². The SMILES string of the molecule is CS(=O)(=O)c1nc(C(F)(F)F)ccc1C(=O)NCc1ccc(S(=O)(=O)c2cccc(C(F)(F)F)c2)cc1. The van der Waals surface area contributed by atoms with Crippen LogP contribution in [0.4, 0.5) is 26.3 Å². The number of sulfone groups is 2. The lowest BCUT2D eigenvalue weighted by Gasteiger charge is -2.12. The van der Waals surface area contributed by atoms with Crippen molar-refractivity contribution >= 4 is 25.6 Å². The Kier molecular flexibility index (Phi) is 7.43. The van der Waals surface area contributed by atoms with Gasteiger partial charge in [0.1, 0.15) is 5.69 Å². The molecular weight excluding hydrogens is 550 g/mol. The summed E-state index contributed by atoms with van der Waals surface area (Å²) in [6.07, 6.45) is -9.09. The summed E-state index contributed by atoms with van der Waals surface area (Å²) in [5.41, 5.74) is -2.96. The van der Waals surface area contributed by atoms with E-state index in [1.54, 1.807) is 0 Å². The highest BCUT2D eigenvalue weighted by atomic mass is 32.2. The molecule has 1 heterocycles. The molecule has 1 N–H and O–H groups in total. The van der Waals surface area contributed by atoms with E-state index in [1.807, 2.05) is 0 Å². The van der Waals surface area contributed by atoms with Crippen LogP contribution in [0.25, 0.3) is 0 Å². The summed E-state index contributed by atoms with van der Waals surface area (Å²) in [5.74, 6) is -1.05. The third-order valence-corrected chi connectivity index (χ3v) is 7.69. The summed E-state index contributed by atoms with van der Waals surface area (Å²) in [5, 5.41) is 1.23. The average molecular weight is 567 g/mol. The van der Waals surface area contributed by atoms with Crippen LogP contribution in [0.15, 0.2) is 75.5 Å². The fraction of sp³-hybridized carbons (Fsp3) is 0.182. The number of hydrogen-bond donors (Lipinski definition) is 1. The number of nitrogens with zero attached hydrogens (tertiary/aromatic N) is 1. The van der Waals surface area contributed by atoms with Gasteiger partial charge in [0.2, 0.25) is 9.84 Å². The number of halogens is 6. The molecule has 0 radical (unpaired) electrons. The molecule has 0 saturated heterocycles. The zero-order valence-electron chi connectivity index (χ0n) is 18.6. The van der Waals surface area contributed by atoms with Crippen LogP contribution >= 0.6 is 0 Å². The topological polar surface area (TPSA) is 110 Å². The van der Waals surface area contributed by atoms with Gasteiger partial charge in [-0.25, -0.2) is 21.8 Å². The van der Waals surface area contributed by atoms with E-state index < -0.39 is 64.7 Å². The Hall–Kier alpha value is -3.46. The van der Waals surface area contributed by atoms with Crippen molar-refractivity contribution in [1.82, 2.24) is 10.3 Å². The molecule has 0 aliphatic heterocycles. The largest absolute Gasteiger partial charge is 0.433 e. The molecule has 0 bridgehead atoms. The van der Waals surface area contributed by atoms with E-state index in [-0.39, 0.29) is 11.4 Å².